The van der Waals surface area contributed by atoms with Crippen LogP contribution in [-0.2, 0) is 0 Å². The Labute approximate surface area is 49.3 Å². The summed E-state index contributed by atoms with van der Waals surface area (Å²) in [5.41, 5.74) is 0. The highest BCUT2D eigenvalue weighted by molar-refractivity contribution is 5.75. The van der Waals surface area contributed by atoms with E-state index in [2.05, 4.69) is 5.32 Å². The Balaban J connectivity index is 0.000000250. The highest BCUT2D eigenvalue weighted by Crippen LogP contribution is 1.90. The molecule has 1 rings (SSSR count). The van der Waals surface area contributed by atoms with Crippen molar-refractivity contribution in [2.24, 2.45) is 0 Å². The predicted octanol–water partition coefficient (Wildman–Crippen LogP) is -0.814. The van der Waals surface area contributed by atoms with Crippen LogP contribution < -0.4 is 5.32 Å². The Kier molecular flexibility index (Phi) is 3.98. The van der Waals surface area contributed by atoms with Crippen LogP contribution >= 0.6 is 0 Å². The van der Waals surface area contributed by atoms with Gasteiger partial charge in [0.2, 0.25) is 0 Å². The minimum Gasteiger partial charge on any atom is -0.317 e. The Morgan fingerprint density at radius 1 is 1.00 bits per heavy atom. The van der Waals surface area contributed by atoms with Crippen molar-refractivity contribution < 1.29 is 0 Å². The molecule has 6 heavy (non-hydrogen) atoms. The zero-order valence-electron chi connectivity index (χ0n) is 3.33. The summed E-state index contributed by atoms with van der Waals surface area (Å²) in [5.74, 6) is 0. The fourth-order valence-corrected chi connectivity index (χ4v) is 0.625. The molecule has 0 aliphatic carbocycles. The third kappa shape index (κ3) is 1.82. The molecule has 0 amide bonds. The van der Waals surface area contributed by atoms with Gasteiger partial charge in [-0.25, -0.2) is 0 Å². The van der Waals surface area contributed by atoms with Crippen LogP contribution in [-0.4, -0.2) is 30.5 Å². The summed E-state index contributed by atoms with van der Waals surface area (Å²) in [7, 11) is 0. The van der Waals surface area contributed by atoms with Crippen LogP contribution in [0.5, 0.6) is 0 Å². The first kappa shape index (κ1) is 6.49. The zero-order valence-corrected chi connectivity index (χ0v) is 3.33. The van der Waals surface area contributed by atoms with Crippen molar-refractivity contribution in [2.45, 2.75) is 12.8 Å². The molecule has 1 aliphatic rings. The van der Waals surface area contributed by atoms with E-state index in [0.29, 0.717) is 0 Å². The van der Waals surface area contributed by atoms with Crippen molar-refractivity contribution in [1.29, 1.82) is 0 Å². The average Bonchev–Trinajstić information content (AvgIpc) is 1.76. The number of rotatable bonds is 0. The first-order valence-electron chi connectivity index (χ1n) is 2.21. The maximum absolute atomic E-state index is 3.22. The van der Waals surface area contributed by atoms with Gasteiger partial charge in [0.1, 0.15) is 0 Å². The molecule has 1 nitrogen and oxygen atoms in total. The smallest absolute Gasteiger partial charge is 0.187 e. The van der Waals surface area contributed by atoms with Crippen LogP contribution in [0.25, 0.3) is 0 Å². The van der Waals surface area contributed by atoms with E-state index >= 15 is 0 Å². The topological polar surface area (TPSA) is 12.0 Å². The molecule has 0 bridgehead atoms. The predicted molar refractivity (Wildman–Crippen MR) is 32.0 cm³/mol. The Bertz CT molecular complexity index is 19.1. The van der Waals surface area contributed by atoms with Crippen molar-refractivity contribution in [3.05, 3.63) is 0 Å². The molecule has 0 aromatic heterocycles. The number of hydrogen-bond donors (Lipinski definition) is 1. The molecule has 2 heteroatoms. The summed E-state index contributed by atoms with van der Waals surface area (Å²) in [5, 5.41) is 3.22. The Morgan fingerprint density at radius 2 is 1.50 bits per heavy atom. The molecule has 1 N–H and O–H groups in total. The van der Waals surface area contributed by atoms with E-state index in [1.165, 1.54) is 25.9 Å². The molecule has 1 fully saturated rings. The quantitative estimate of drug-likeness (QED) is 0.393. The molecule has 0 spiro atoms. The van der Waals surface area contributed by atoms with Gasteiger partial charge in [-0.15, -0.1) is 0 Å². The fourth-order valence-electron chi connectivity index (χ4n) is 0.625. The molecule has 1 saturated heterocycles. The summed E-state index contributed by atoms with van der Waals surface area (Å²) >= 11 is 0. The second kappa shape index (κ2) is 3.67. The van der Waals surface area contributed by atoms with Gasteiger partial charge in [-0.05, 0) is 25.9 Å². The van der Waals surface area contributed by atoms with E-state index in [1.807, 2.05) is 0 Å². The van der Waals surface area contributed by atoms with E-state index in [9.17, 15) is 0 Å². The molecular weight excluding hydrogens is 89.0 g/mol. The van der Waals surface area contributed by atoms with Crippen LogP contribution in [0.3, 0.4) is 0 Å². The van der Waals surface area contributed by atoms with Gasteiger partial charge in [0.25, 0.3) is 0 Å². The average molecular weight is 101 g/mol. The molecule has 1 heterocycles. The number of nitrogens with one attached hydrogen (secondary N) is 1. The largest absolute Gasteiger partial charge is 0.317 e. The van der Waals surface area contributed by atoms with E-state index in [4.69, 9.17) is 0 Å². The lowest BCUT2D eigenvalue weighted by atomic mass is 10.4. The van der Waals surface area contributed by atoms with Gasteiger partial charge in [-0.3, -0.25) is 0 Å². The minimum atomic E-state index is 0. The number of hydrogen-bond acceptors (Lipinski definition) is 1. The third-order valence-electron chi connectivity index (χ3n) is 0.957. The second-order valence-electron chi connectivity index (χ2n) is 1.46. The standard InChI is InChI=1S/C4H9N.Al.3H/c1-2-4-5-3-1;;;;/h5H,1-4H2;;;;. The summed E-state index contributed by atoms with van der Waals surface area (Å²) in [6, 6.07) is 0. The molecule has 0 unspecified atom stereocenters. The molecule has 1 aliphatic heterocycles. The summed E-state index contributed by atoms with van der Waals surface area (Å²) in [4.78, 5) is 0. The Morgan fingerprint density at radius 3 is 1.67 bits per heavy atom. The molecule has 0 aromatic rings. The van der Waals surface area contributed by atoms with Crippen LogP contribution in [0.15, 0.2) is 0 Å². The van der Waals surface area contributed by atoms with Crippen molar-refractivity contribution in [2.75, 3.05) is 13.1 Å². The van der Waals surface area contributed by atoms with Crippen LogP contribution in [0.4, 0.5) is 0 Å². The summed E-state index contributed by atoms with van der Waals surface area (Å²) in [6.45, 7) is 2.50. The molecule has 0 saturated carbocycles. The van der Waals surface area contributed by atoms with Gasteiger partial charge >= 0.3 is 0 Å². The first-order valence-corrected chi connectivity index (χ1v) is 2.21. The van der Waals surface area contributed by atoms with E-state index < -0.39 is 0 Å². The second-order valence-corrected chi connectivity index (χ2v) is 1.46. The molecule has 0 aromatic carbocycles. The van der Waals surface area contributed by atoms with Crippen LogP contribution in [0.1, 0.15) is 12.8 Å². The van der Waals surface area contributed by atoms with Crippen LogP contribution in [0.2, 0.25) is 0 Å². The van der Waals surface area contributed by atoms with Gasteiger partial charge in [-0.1, -0.05) is 0 Å². The highest BCUT2D eigenvalue weighted by Gasteiger charge is 1.93. The zero-order chi connectivity index (χ0) is 3.54. The maximum Gasteiger partial charge on any atom is 0.187 e. The highest BCUT2D eigenvalue weighted by atomic mass is 27.0. The molecule has 0 atom stereocenters. The molecule has 0 radical (unpaired) electrons. The lowest BCUT2D eigenvalue weighted by Crippen LogP contribution is -2.03. The van der Waals surface area contributed by atoms with E-state index in [-0.39, 0.29) is 17.4 Å². The van der Waals surface area contributed by atoms with Crippen molar-refractivity contribution in [3.63, 3.8) is 0 Å². The van der Waals surface area contributed by atoms with Gasteiger partial charge in [0.15, 0.2) is 17.4 Å². The SMILES string of the molecule is C1CCNC1.[AlH3]. The lowest BCUT2D eigenvalue weighted by Gasteiger charge is -1.76. The molecule has 36 valence electrons. The van der Waals surface area contributed by atoms with Gasteiger partial charge in [0.05, 0.1) is 0 Å². The van der Waals surface area contributed by atoms with Gasteiger partial charge < -0.3 is 5.32 Å². The first-order chi connectivity index (χ1) is 2.50. The summed E-state index contributed by atoms with van der Waals surface area (Å²) in [6.07, 6.45) is 2.78. The summed E-state index contributed by atoms with van der Waals surface area (Å²) < 4.78 is 0. The maximum atomic E-state index is 3.22. The minimum absolute atomic E-state index is 0. The van der Waals surface area contributed by atoms with Gasteiger partial charge in [-0.2, -0.15) is 0 Å². The fraction of sp³-hybridized carbons (Fsp3) is 1.00. The van der Waals surface area contributed by atoms with Crippen molar-refractivity contribution >= 4 is 17.4 Å². The third-order valence-corrected chi connectivity index (χ3v) is 0.957. The Hall–Kier alpha value is 0.492. The molecular formula is C4H12AlN. The van der Waals surface area contributed by atoms with Crippen molar-refractivity contribution in [3.8, 4) is 0 Å². The van der Waals surface area contributed by atoms with E-state index in [0.717, 1.165) is 0 Å². The normalized spacial score (nSPS) is 20.0. The lowest BCUT2D eigenvalue weighted by molar-refractivity contribution is 0.857. The van der Waals surface area contributed by atoms with E-state index in [1.54, 1.807) is 0 Å². The van der Waals surface area contributed by atoms with Crippen molar-refractivity contribution in [1.82, 2.24) is 5.32 Å². The van der Waals surface area contributed by atoms with Crippen LogP contribution in [0, 0.1) is 0 Å². The van der Waals surface area contributed by atoms with Gasteiger partial charge in [0, 0.05) is 0 Å². The monoisotopic (exact) mass is 101 g/mol.